The third-order valence-electron chi connectivity index (χ3n) is 7.31. The Bertz CT molecular complexity index is 741. The van der Waals surface area contributed by atoms with Crippen molar-refractivity contribution in [3.63, 3.8) is 0 Å². The lowest BCUT2D eigenvalue weighted by Crippen LogP contribution is -2.26. The Morgan fingerprint density at radius 1 is 0.912 bits per heavy atom. The van der Waals surface area contributed by atoms with E-state index in [-0.39, 0.29) is 6.42 Å². The minimum absolute atomic E-state index is 0.261. The van der Waals surface area contributed by atoms with Gasteiger partial charge in [-0.3, -0.25) is 4.79 Å². The molecule has 4 heteroatoms. The van der Waals surface area contributed by atoms with Crippen LogP contribution >= 0.6 is 0 Å². The zero-order valence-electron chi connectivity index (χ0n) is 20.8. The van der Waals surface area contributed by atoms with Crippen molar-refractivity contribution in [3.8, 4) is 0 Å². The summed E-state index contributed by atoms with van der Waals surface area (Å²) >= 11 is 0. The molecule has 1 aromatic rings. The summed E-state index contributed by atoms with van der Waals surface area (Å²) in [4.78, 5) is 10.6. The van der Waals surface area contributed by atoms with Crippen molar-refractivity contribution in [2.75, 3.05) is 13.2 Å². The van der Waals surface area contributed by atoms with E-state index in [1.807, 2.05) is 0 Å². The summed E-state index contributed by atoms with van der Waals surface area (Å²) in [6.45, 7) is 1.57. The topological polar surface area (TPSA) is 55.8 Å². The standard InChI is InChI=1S/C30H44O4/c31-30(32)20-11-4-3-10-18-26-27(29-22-21-28(26)34-29)19-12-14-24-33-23-13-5-1-2-7-15-25-16-8-6-9-17-25/h3,5-6,8-10,13,16-17,26-29H,1-2,4,7,11-12,14-15,18-24H2,(H,31,32)/t26-,27+,28-,29+/m1/s1. The van der Waals surface area contributed by atoms with Crippen LogP contribution in [-0.2, 0) is 20.7 Å². The molecule has 0 radical (unpaired) electrons. The Balaban J connectivity index is 1.18. The van der Waals surface area contributed by atoms with Gasteiger partial charge in [0, 0.05) is 13.0 Å². The van der Waals surface area contributed by atoms with Crippen molar-refractivity contribution in [3.05, 3.63) is 60.2 Å². The summed E-state index contributed by atoms with van der Waals surface area (Å²) < 4.78 is 12.0. The van der Waals surface area contributed by atoms with E-state index in [2.05, 4.69) is 54.6 Å². The van der Waals surface area contributed by atoms with Crippen LogP contribution in [0.1, 0.15) is 82.6 Å². The fourth-order valence-electron chi connectivity index (χ4n) is 5.50. The third-order valence-corrected chi connectivity index (χ3v) is 7.31. The monoisotopic (exact) mass is 468 g/mol. The number of fused-ring (bicyclic) bond motifs is 2. The van der Waals surface area contributed by atoms with E-state index in [0.717, 1.165) is 45.3 Å². The first kappa shape index (κ1) is 26.7. The molecule has 3 rings (SSSR count). The van der Waals surface area contributed by atoms with E-state index in [1.54, 1.807) is 0 Å². The maximum atomic E-state index is 10.6. The first-order chi connectivity index (χ1) is 16.7. The number of hydrogen-bond donors (Lipinski definition) is 1. The normalized spacial score (nSPS) is 24.0. The van der Waals surface area contributed by atoms with E-state index < -0.39 is 5.97 Å². The smallest absolute Gasteiger partial charge is 0.303 e. The summed E-state index contributed by atoms with van der Waals surface area (Å²) in [5.41, 5.74) is 1.43. The van der Waals surface area contributed by atoms with Crippen LogP contribution in [0.5, 0.6) is 0 Å². The minimum Gasteiger partial charge on any atom is -0.481 e. The molecule has 0 saturated carbocycles. The van der Waals surface area contributed by atoms with Gasteiger partial charge < -0.3 is 14.6 Å². The summed E-state index contributed by atoms with van der Waals surface area (Å²) in [6.07, 6.45) is 23.5. The average Bonchev–Trinajstić information content (AvgIpc) is 3.44. The van der Waals surface area contributed by atoms with Crippen LogP contribution in [0.25, 0.3) is 0 Å². The van der Waals surface area contributed by atoms with Crippen LogP contribution < -0.4 is 0 Å². The predicted octanol–water partition coefficient (Wildman–Crippen LogP) is 7.14. The molecule has 0 aliphatic carbocycles. The van der Waals surface area contributed by atoms with Crippen molar-refractivity contribution < 1.29 is 19.4 Å². The van der Waals surface area contributed by atoms with Gasteiger partial charge >= 0.3 is 5.97 Å². The van der Waals surface area contributed by atoms with E-state index >= 15 is 0 Å². The second-order valence-corrected chi connectivity index (χ2v) is 9.88. The molecule has 2 aliphatic heterocycles. The lowest BCUT2D eigenvalue weighted by atomic mass is 9.75. The fraction of sp³-hybridized carbons (Fsp3) is 0.633. The molecular formula is C30H44O4. The zero-order valence-corrected chi connectivity index (χ0v) is 20.8. The van der Waals surface area contributed by atoms with E-state index in [4.69, 9.17) is 14.6 Å². The maximum Gasteiger partial charge on any atom is 0.303 e. The predicted molar refractivity (Wildman–Crippen MR) is 138 cm³/mol. The van der Waals surface area contributed by atoms with Crippen molar-refractivity contribution in [2.24, 2.45) is 11.8 Å². The average molecular weight is 469 g/mol. The van der Waals surface area contributed by atoms with Gasteiger partial charge in [-0.15, -0.1) is 0 Å². The molecule has 34 heavy (non-hydrogen) atoms. The molecule has 2 bridgehead atoms. The summed E-state index contributed by atoms with van der Waals surface area (Å²) in [6, 6.07) is 10.7. The first-order valence-corrected chi connectivity index (χ1v) is 13.5. The van der Waals surface area contributed by atoms with Crippen molar-refractivity contribution >= 4 is 5.97 Å². The number of aryl methyl sites for hydroxylation is 1. The molecule has 0 spiro atoms. The molecule has 4 nitrogen and oxygen atoms in total. The number of carbonyl (C=O) groups is 1. The van der Waals surface area contributed by atoms with Gasteiger partial charge in [-0.25, -0.2) is 0 Å². The molecule has 0 aromatic heterocycles. The van der Waals surface area contributed by atoms with Gasteiger partial charge in [0.05, 0.1) is 18.8 Å². The number of unbranched alkanes of at least 4 members (excludes halogenated alkanes) is 4. The highest BCUT2D eigenvalue weighted by Crippen LogP contribution is 2.47. The number of allylic oxidation sites excluding steroid dienone is 3. The highest BCUT2D eigenvalue weighted by atomic mass is 16.5. The highest BCUT2D eigenvalue weighted by molar-refractivity contribution is 5.66. The maximum absolute atomic E-state index is 10.6. The SMILES string of the molecule is O=C(O)CCCC=CC[C@@H]1[C@H](CCCCOCC=CCCCCc2ccccc2)[C@@H]2CC[C@H]1O2. The summed E-state index contributed by atoms with van der Waals surface area (Å²) in [7, 11) is 0. The Hall–Kier alpha value is -1.91. The summed E-state index contributed by atoms with van der Waals surface area (Å²) in [5, 5.41) is 8.73. The van der Waals surface area contributed by atoms with Crippen LogP contribution in [0.3, 0.4) is 0 Å². The van der Waals surface area contributed by atoms with Crippen LogP contribution in [0.15, 0.2) is 54.6 Å². The Kier molecular flexibility index (Phi) is 12.5. The number of benzene rings is 1. The Morgan fingerprint density at radius 2 is 1.68 bits per heavy atom. The molecule has 188 valence electrons. The van der Waals surface area contributed by atoms with Crippen LogP contribution in [0, 0.1) is 11.8 Å². The molecule has 0 unspecified atom stereocenters. The molecule has 1 aromatic carbocycles. The number of hydrogen-bond acceptors (Lipinski definition) is 3. The number of carboxylic acids is 1. The first-order valence-electron chi connectivity index (χ1n) is 13.5. The molecule has 2 heterocycles. The van der Waals surface area contributed by atoms with Gasteiger partial charge in [0.15, 0.2) is 0 Å². The van der Waals surface area contributed by atoms with E-state index in [0.29, 0.717) is 24.0 Å². The molecule has 4 atom stereocenters. The molecule has 1 N–H and O–H groups in total. The van der Waals surface area contributed by atoms with Crippen molar-refractivity contribution in [1.29, 1.82) is 0 Å². The number of carboxylic acid groups (broad SMARTS) is 1. The zero-order chi connectivity index (χ0) is 23.8. The molecular weight excluding hydrogens is 424 g/mol. The molecule has 2 aliphatic rings. The lowest BCUT2D eigenvalue weighted by molar-refractivity contribution is -0.137. The van der Waals surface area contributed by atoms with Crippen LogP contribution in [0.4, 0.5) is 0 Å². The van der Waals surface area contributed by atoms with E-state index in [1.165, 1.54) is 50.5 Å². The third kappa shape index (κ3) is 9.76. The van der Waals surface area contributed by atoms with Crippen molar-refractivity contribution in [1.82, 2.24) is 0 Å². The number of ether oxygens (including phenoxy) is 2. The largest absolute Gasteiger partial charge is 0.481 e. The van der Waals surface area contributed by atoms with Gasteiger partial charge in [-0.2, -0.15) is 0 Å². The summed E-state index contributed by atoms with van der Waals surface area (Å²) in [5.74, 6) is 0.614. The minimum atomic E-state index is -0.704. The van der Waals surface area contributed by atoms with Gasteiger partial charge in [0.2, 0.25) is 0 Å². The Morgan fingerprint density at radius 3 is 2.50 bits per heavy atom. The van der Waals surface area contributed by atoms with Crippen LogP contribution in [-0.4, -0.2) is 36.5 Å². The number of rotatable bonds is 18. The lowest BCUT2D eigenvalue weighted by Gasteiger charge is -2.27. The molecule has 0 amide bonds. The highest BCUT2D eigenvalue weighted by Gasteiger charge is 2.47. The quantitative estimate of drug-likeness (QED) is 0.184. The van der Waals surface area contributed by atoms with Gasteiger partial charge in [0.25, 0.3) is 0 Å². The second-order valence-electron chi connectivity index (χ2n) is 9.88. The van der Waals surface area contributed by atoms with Gasteiger partial charge in [-0.05, 0) is 88.0 Å². The van der Waals surface area contributed by atoms with Crippen molar-refractivity contribution in [2.45, 2.75) is 95.7 Å². The molecule has 2 saturated heterocycles. The van der Waals surface area contributed by atoms with Crippen LogP contribution in [0.2, 0.25) is 0 Å². The van der Waals surface area contributed by atoms with E-state index in [9.17, 15) is 4.79 Å². The second kappa shape index (κ2) is 15.9. The molecule has 2 fully saturated rings. The Labute approximate surface area is 206 Å². The fourth-order valence-corrected chi connectivity index (χ4v) is 5.50. The van der Waals surface area contributed by atoms with Gasteiger partial charge in [0.1, 0.15) is 0 Å². The van der Waals surface area contributed by atoms with Gasteiger partial charge in [-0.1, -0.05) is 61.1 Å². The number of aliphatic carboxylic acids is 1.